The van der Waals surface area contributed by atoms with Gasteiger partial charge in [-0.15, -0.1) is 11.3 Å². The smallest absolute Gasteiger partial charge is 0.223 e. The molecule has 31 heavy (non-hydrogen) atoms. The monoisotopic (exact) mass is 431 g/mol. The summed E-state index contributed by atoms with van der Waals surface area (Å²) >= 11 is 1.89. The number of fused-ring (bicyclic) bond motifs is 1. The first-order valence-electron chi connectivity index (χ1n) is 11.3. The van der Waals surface area contributed by atoms with Crippen LogP contribution in [0.2, 0.25) is 0 Å². The van der Waals surface area contributed by atoms with Gasteiger partial charge in [-0.1, -0.05) is 60.7 Å². The van der Waals surface area contributed by atoms with Crippen LogP contribution in [0.4, 0.5) is 0 Å². The van der Waals surface area contributed by atoms with Crippen LogP contribution >= 0.6 is 11.3 Å². The van der Waals surface area contributed by atoms with Gasteiger partial charge in [0.05, 0.1) is 12.2 Å². The number of hydrogen-bond acceptors (Lipinski definition) is 4. The highest BCUT2D eigenvalue weighted by atomic mass is 32.1. The number of hydrogen-bond donors (Lipinski definition) is 0. The number of benzene rings is 2. The average molecular weight is 432 g/mol. The van der Waals surface area contributed by atoms with E-state index in [0.717, 1.165) is 39.1 Å². The predicted molar refractivity (Wildman–Crippen MR) is 125 cm³/mol. The van der Waals surface area contributed by atoms with Crippen molar-refractivity contribution in [2.24, 2.45) is 0 Å². The molecule has 0 unspecified atom stereocenters. The minimum absolute atomic E-state index is 0.102. The van der Waals surface area contributed by atoms with Crippen molar-refractivity contribution in [2.75, 3.05) is 26.2 Å². The van der Waals surface area contributed by atoms with Gasteiger partial charge in [0.15, 0.2) is 0 Å². The fourth-order valence-corrected chi connectivity index (χ4v) is 5.96. The minimum Gasteiger partial charge on any atom is -0.340 e. The molecule has 1 aliphatic heterocycles. The molecule has 1 saturated heterocycles. The Morgan fingerprint density at radius 3 is 2.16 bits per heavy atom. The summed E-state index contributed by atoms with van der Waals surface area (Å²) in [4.78, 5) is 24.1. The van der Waals surface area contributed by atoms with E-state index in [9.17, 15) is 4.79 Å². The van der Waals surface area contributed by atoms with Crippen molar-refractivity contribution in [1.82, 2.24) is 14.8 Å². The number of rotatable bonds is 6. The van der Waals surface area contributed by atoms with Gasteiger partial charge in [0.1, 0.15) is 5.01 Å². The van der Waals surface area contributed by atoms with E-state index >= 15 is 0 Å². The zero-order valence-corrected chi connectivity index (χ0v) is 18.7. The fraction of sp³-hybridized carbons (Fsp3) is 0.385. The summed E-state index contributed by atoms with van der Waals surface area (Å²) in [6, 6.07) is 20.8. The molecule has 1 amide bonds. The van der Waals surface area contributed by atoms with Crippen LogP contribution in [0.5, 0.6) is 0 Å². The molecule has 0 N–H and O–H groups in total. The second-order valence-electron chi connectivity index (χ2n) is 8.57. The summed E-state index contributed by atoms with van der Waals surface area (Å²) in [5, 5.41) is 1.25. The molecule has 5 heteroatoms. The maximum absolute atomic E-state index is 13.2. The lowest BCUT2D eigenvalue weighted by Gasteiger charge is -2.35. The standard InChI is InChI=1S/C26H29N3OS/c30-26(18-22(20-8-3-1-4-9-20)21-10-5-2-6-11-21)29-16-14-28(15-17-29)19-25-27-23-12-7-13-24(23)31-25/h1-6,8-11,22H,7,12-19H2. The van der Waals surface area contributed by atoms with Gasteiger partial charge in [-0.2, -0.15) is 0 Å². The average Bonchev–Trinajstić information content (AvgIpc) is 3.41. The topological polar surface area (TPSA) is 36.4 Å². The van der Waals surface area contributed by atoms with E-state index < -0.39 is 0 Å². The van der Waals surface area contributed by atoms with Crippen molar-refractivity contribution >= 4 is 17.2 Å². The van der Waals surface area contributed by atoms with Crippen LogP contribution in [-0.2, 0) is 24.2 Å². The Morgan fingerprint density at radius 1 is 0.903 bits per heavy atom. The highest BCUT2D eigenvalue weighted by Crippen LogP contribution is 2.30. The van der Waals surface area contributed by atoms with E-state index in [1.165, 1.54) is 39.5 Å². The van der Waals surface area contributed by atoms with E-state index in [4.69, 9.17) is 4.98 Å². The van der Waals surface area contributed by atoms with Gasteiger partial charge in [0.2, 0.25) is 5.91 Å². The Balaban J connectivity index is 1.20. The second kappa shape index (κ2) is 9.33. The predicted octanol–water partition coefficient (Wildman–Crippen LogP) is 4.50. The third-order valence-corrected chi connectivity index (χ3v) is 7.65. The Bertz CT molecular complexity index is 949. The molecule has 2 aliphatic rings. The highest BCUT2D eigenvalue weighted by molar-refractivity contribution is 7.11. The highest BCUT2D eigenvalue weighted by Gasteiger charge is 2.26. The zero-order valence-electron chi connectivity index (χ0n) is 17.9. The van der Waals surface area contributed by atoms with E-state index in [1.807, 2.05) is 23.5 Å². The van der Waals surface area contributed by atoms with Gasteiger partial charge < -0.3 is 4.90 Å². The quantitative estimate of drug-likeness (QED) is 0.577. The lowest BCUT2D eigenvalue weighted by atomic mass is 9.88. The Morgan fingerprint density at radius 2 is 1.55 bits per heavy atom. The van der Waals surface area contributed by atoms with Crippen molar-refractivity contribution in [3.05, 3.63) is 87.4 Å². The van der Waals surface area contributed by atoms with Gasteiger partial charge >= 0.3 is 0 Å². The Kier molecular flexibility index (Phi) is 6.14. The zero-order chi connectivity index (χ0) is 21.0. The van der Waals surface area contributed by atoms with Crippen LogP contribution in [-0.4, -0.2) is 46.9 Å². The van der Waals surface area contributed by atoms with Gasteiger partial charge in [-0.05, 0) is 30.4 Å². The SMILES string of the molecule is O=C(CC(c1ccccc1)c1ccccc1)N1CCN(Cc2nc3c(s2)CCC3)CC1. The van der Waals surface area contributed by atoms with Gasteiger partial charge in [-0.25, -0.2) is 4.98 Å². The van der Waals surface area contributed by atoms with Crippen molar-refractivity contribution in [1.29, 1.82) is 0 Å². The van der Waals surface area contributed by atoms with Crippen LogP contribution in [0.1, 0.15) is 45.5 Å². The van der Waals surface area contributed by atoms with Crippen LogP contribution in [0.15, 0.2) is 60.7 Å². The van der Waals surface area contributed by atoms with Crippen LogP contribution in [0.25, 0.3) is 0 Å². The molecular formula is C26H29N3OS. The third-order valence-electron chi connectivity index (χ3n) is 6.51. The van der Waals surface area contributed by atoms with Crippen molar-refractivity contribution < 1.29 is 4.79 Å². The fourth-order valence-electron chi connectivity index (χ4n) is 4.76. The van der Waals surface area contributed by atoms with Gasteiger partial charge in [0, 0.05) is 43.4 Å². The minimum atomic E-state index is 0.102. The molecule has 0 saturated carbocycles. The Labute approximate surface area is 188 Å². The maximum Gasteiger partial charge on any atom is 0.223 e. The van der Waals surface area contributed by atoms with Crippen molar-refractivity contribution in [3.63, 3.8) is 0 Å². The van der Waals surface area contributed by atoms with Crippen LogP contribution in [0, 0.1) is 0 Å². The van der Waals surface area contributed by atoms with Crippen molar-refractivity contribution in [2.45, 2.75) is 38.1 Å². The van der Waals surface area contributed by atoms with Crippen molar-refractivity contribution in [3.8, 4) is 0 Å². The number of amides is 1. The molecule has 1 fully saturated rings. The molecule has 1 aliphatic carbocycles. The van der Waals surface area contributed by atoms with Crippen LogP contribution < -0.4 is 0 Å². The maximum atomic E-state index is 13.2. The largest absolute Gasteiger partial charge is 0.340 e. The number of aromatic nitrogens is 1. The first-order valence-corrected chi connectivity index (χ1v) is 12.2. The molecule has 0 bridgehead atoms. The number of thiazole rings is 1. The van der Waals surface area contributed by atoms with E-state index in [1.54, 1.807) is 0 Å². The molecule has 5 rings (SSSR count). The molecule has 2 aromatic carbocycles. The molecule has 2 heterocycles. The number of aryl methyl sites for hydroxylation is 2. The normalized spacial score (nSPS) is 16.6. The second-order valence-corrected chi connectivity index (χ2v) is 9.73. The molecular weight excluding hydrogens is 402 g/mol. The number of nitrogens with zero attached hydrogens (tertiary/aromatic N) is 3. The van der Waals surface area contributed by atoms with Gasteiger partial charge in [0.25, 0.3) is 0 Å². The molecule has 4 nitrogen and oxygen atoms in total. The summed E-state index contributed by atoms with van der Waals surface area (Å²) in [5.41, 5.74) is 3.75. The molecule has 0 spiro atoms. The summed E-state index contributed by atoms with van der Waals surface area (Å²) in [7, 11) is 0. The first-order chi connectivity index (χ1) is 15.3. The van der Waals surface area contributed by atoms with Crippen LogP contribution in [0.3, 0.4) is 0 Å². The van der Waals surface area contributed by atoms with Gasteiger partial charge in [-0.3, -0.25) is 9.69 Å². The molecule has 160 valence electrons. The molecule has 0 radical (unpaired) electrons. The summed E-state index contributed by atoms with van der Waals surface area (Å²) in [6.07, 6.45) is 4.15. The first kappa shape index (κ1) is 20.4. The molecule has 0 atom stereocenters. The summed E-state index contributed by atoms with van der Waals surface area (Å²) in [5.74, 6) is 0.358. The lowest BCUT2D eigenvalue weighted by molar-refractivity contribution is -0.133. The molecule has 3 aromatic rings. The third kappa shape index (κ3) is 4.73. The summed E-state index contributed by atoms with van der Waals surface area (Å²) in [6.45, 7) is 4.39. The van der Waals surface area contributed by atoms with E-state index in [2.05, 4.69) is 58.3 Å². The lowest BCUT2D eigenvalue weighted by Crippen LogP contribution is -2.48. The molecule has 1 aromatic heterocycles. The van der Waals surface area contributed by atoms with E-state index in [0.29, 0.717) is 6.42 Å². The number of piperazine rings is 1. The number of carbonyl (C=O) groups excluding carboxylic acids is 1. The Hall–Kier alpha value is -2.50. The summed E-state index contributed by atoms with van der Waals surface area (Å²) < 4.78 is 0. The van der Waals surface area contributed by atoms with E-state index in [-0.39, 0.29) is 11.8 Å². The number of carbonyl (C=O) groups is 1.